The van der Waals surface area contributed by atoms with Crippen LogP contribution in [0.2, 0.25) is 0 Å². The first-order valence-electron chi connectivity index (χ1n) is 12.1. The van der Waals surface area contributed by atoms with Crippen LogP contribution in [0.15, 0.2) is 80.5 Å². The fourth-order valence-electron chi connectivity index (χ4n) is 5.22. The van der Waals surface area contributed by atoms with Crippen molar-refractivity contribution in [2.24, 2.45) is 0 Å². The van der Waals surface area contributed by atoms with E-state index in [0.717, 1.165) is 17.0 Å². The molecule has 7 rings (SSSR count). The predicted octanol–water partition coefficient (Wildman–Crippen LogP) is 4.80. The number of hydrogen-bond donors (Lipinski definition) is 1. The second kappa shape index (κ2) is 8.41. The molecule has 0 atom stereocenters. The van der Waals surface area contributed by atoms with Gasteiger partial charge in [0, 0.05) is 43.0 Å². The van der Waals surface area contributed by atoms with Gasteiger partial charge in [0.15, 0.2) is 17.3 Å². The molecule has 4 heterocycles. The fourth-order valence-corrected chi connectivity index (χ4v) is 5.22. The van der Waals surface area contributed by atoms with E-state index >= 15 is 0 Å². The Labute approximate surface area is 211 Å². The molecular weight excluding hydrogens is 472 g/mol. The van der Waals surface area contributed by atoms with Crippen LogP contribution in [0.4, 0.5) is 11.4 Å². The number of fused-ring (bicyclic) bond motifs is 2. The summed E-state index contributed by atoms with van der Waals surface area (Å²) in [7, 11) is 0. The first-order chi connectivity index (χ1) is 18.2. The zero-order chi connectivity index (χ0) is 24.9. The Balaban J connectivity index is 1.28. The molecule has 1 aliphatic carbocycles. The minimum Gasteiger partial charge on any atom is -0.467 e. The normalized spacial score (nSPS) is 14.8. The molecule has 5 aromatic rings. The number of furan rings is 2. The van der Waals surface area contributed by atoms with Crippen LogP contribution in [0.25, 0.3) is 22.2 Å². The van der Waals surface area contributed by atoms with E-state index in [9.17, 15) is 9.59 Å². The zero-order valence-electron chi connectivity index (χ0n) is 19.8. The van der Waals surface area contributed by atoms with E-state index in [4.69, 9.17) is 13.4 Å². The van der Waals surface area contributed by atoms with E-state index in [0.29, 0.717) is 72.0 Å². The summed E-state index contributed by atoms with van der Waals surface area (Å²) < 4.78 is 16.7. The largest absolute Gasteiger partial charge is 0.467 e. The lowest BCUT2D eigenvalue weighted by molar-refractivity contribution is 0.0714. The summed E-state index contributed by atoms with van der Waals surface area (Å²) in [4.78, 5) is 30.4. The van der Waals surface area contributed by atoms with Crippen LogP contribution in [0.3, 0.4) is 0 Å². The number of aromatic nitrogens is 1. The summed E-state index contributed by atoms with van der Waals surface area (Å²) in [6, 6.07) is 16.5. The first kappa shape index (κ1) is 21.5. The van der Waals surface area contributed by atoms with Gasteiger partial charge in [0.1, 0.15) is 11.3 Å². The van der Waals surface area contributed by atoms with Gasteiger partial charge in [0.05, 0.1) is 35.7 Å². The summed E-state index contributed by atoms with van der Waals surface area (Å²) in [5.74, 6) is 1.50. The van der Waals surface area contributed by atoms with Crippen LogP contribution in [0, 0.1) is 0 Å². The van der Waals surface area contributed by atoms with Crippen LogP contribution in [-0.2, 0) is 6.54 Å². The number of hydrogen-bond acceptors (Lipinski definition) is 8. The molecule has 1 saturated heterocycles. The van der Waals surface area contributed by atoms with Gasteiger partial charge in [-0.05, 0) is 30.3 Å². The molecule has 1 aliphatic heterocycles. The number of nitrogens with one attached hydrogen (secondary N) is 1. The highest BCUT2D eigenvalue weighted by atomic mass is 16.5. The monoisotopic (exact) mass is 494 g/mol. The maximum atomic E-state index is 13.7. The summed E-state index contributed by atoms with van der Waals surface area (Å²) in [6.45, 7) is 2.69. The Morgan fingerprint density at radius 1 is 0.946 bits per heavy atom. The summed E-state index contributed by atoms with van der Waals surface area (Å²) in [5, 5.41) is 8.55. The Kier molecular flexibility index (Phi) is 4.88. The van der Waals surface area contributed by atoms with Crippen molar-refractivity contribution in [1.29, 1.82) is 0 Å². The molecule has 184 valence electrons. The molecule has 0 spiro atoms. The van der Waals surface area contributed by atoms with E-state index in [1.807, 2.05) is 42.5 Å². The molecular formula is C28H22N4O5. The Morgan fingerprint density at radius 2 is 1.73 bits per heavy atom. The molecule has 0 unspecified atom stereocenters. The minimum atomic E-state index is -0.119. The van der Waals surface area contributed by atoms with E-state index in [1.54, 1.807) is 23.3 Å². The van der Waals surface area contributed by atoms with Crippen LogP contribution in [0.5, 0.6) is 0 Å². The van der Waals surface area contributed by atoms with Gasteiger partial charge in [-0.25, -0.2) is 0 Å². The first-order valence-corrected chi connectivity index (χ1v) is 12.1. The van der Waals surface area contributed by atoms with Gasteiger partial charge in [-0.2, -0.15) is 0 Å². The molecule has 9 heteroatoms. The number of carbonyl (C=O) groups is 2. The van der Waals surface area contributed by atoms with Crippen LogP contribution in [0.1, 0.15) is 32.2 Å². The average Bonchev–Trinajstić information content (AvgIpc) is 3.73. The number of carbonyl (C=O) groups excluding carboxylic acids is 2. The molecule has 3 aromatic heterocycles. The van der Waals surface area contributed by atoms with Crippen molar-refractivity contribution in [3.8, 4) is 11.3 Å². The Hall–Kier alpha value is -4.79. The maximum Gasteiger partial charge on any atom is 0.289 e. The smallest absolute Gasteiger partial charge is 0.289 e. The number of ketones is 1. The standard InChI is InChI=1S/C28H22N4O5/c33-26-18-6-1-2-7-19(18)27-24-23(26)20(29-16-17-5-3-13-35-17)15-21(25(24)30-37-27)31-9-11-32(12-10-31)28(34)22-8-4-14-36-22/h1-8,13-15,29H,9-12,16H2. The second-order valence-corrected chi connectivity index (χ2v) is 9.12. The number of rotatable bonds is 5. The van der Waals surface area contributed by atoms with E-state index in [-0.39, 0.29) is 11.7 Å². The van der Waals surface area contributed by atoms with Crippen molar-refractivity contribution in [3.63, 3.8) is 0 Å². The molecule has 0 radical (unpaired) electrons. The second-order valence-electron chi connectivity index (χ2n) is 9.12. The minimum absolute atomic E-state index is 0.0707. The quantitative estimate of drug-likeness (QED) is 0.364. The van der Waals surface area contributed by atoms with Crippen molar-refractivity contribution in [3.05, 3.63) is 89.8 Å². The number of benzene rings is 2. The number of nitrogens with zero attached hydrogens (tertiary/aromatic N) is 3. The summed E-state index contributed by atoms with van der Waals surface area (Å²) >= 11 is 0. The van der Waals surface area contributed by atoms with Crippen molar-refractivity contribution >= 4 is 34.0 Å². The highest BCUT2D eigenvalue weighted by molar-refractivity contribution is 6.28. The number of piperazine rings is 1. The van der Waals surface area contributed by atoms with E-state index < -0.39 is 0 Å². The van der Waals surface area contributed by atoms with Crippen molar-refractivity contribution in [1.82, 2.24) is 10.1 Å². The molecule has 2 aromatic carbocycles. The number of anilines is 2. The predicted molar refractivity (Wildman–Crippen MR) is 136 cm³/mol. The Morgan fingerprint density at radius 3 is 2.49 bits per heavy atom. The molecule has 0 saturated carbocycles. The van der Waals surface area contributed by atoms with Gasteiger partial charge in [0.2, 0.25) is 0 Å². The van der Waals surface area contributed by atoms with E-state index in [1.165, 1.54) is 6.26 Å². The lowest BCUT2D eigenvalue weighted by Gasteiger charge is -2.36. The average molecular weight is 495 g/mol. The lowest BCUT2D eigenvalue weighted by atomic mass is 9.86. The molecule has 1 N–H and O–H groups in total. The van der Waals surface area contributed by atoms with Crippen molar-refractivity contribution in [2.45, 2.75) is 6.54 Å². The van der Waals surface area contributed by atoms with Crippen LogP contribution >= 0.6 is 0 Å². The zero-order valence-corrected chi connectivity index (χ0v) is 19.8. The van der Waals surface area contributed by atoms with E-state index in [2.05, 4.69) is 15.4 Å². The summed E-state index contributed by atoms with van der Waals surface area (Å²) in [5.41, 5.74) is 4.07. The van der Waals surface area contributed by atoms with Gasteiger partial charge < -0.3 is 28.5 Å². The molecule has 37 heavy (non-hydrogen) atoms. The van der Waals surface area contributed by atoms with Crippen molar-refractivity contribution < 1.29 is 22.9 Å². The number of amides is 1. The summed E-state index contributed by atoms with van der Waals surface area (Å²) in [6.07, 6.45) is 3.13. The van der Waals surface area contributed by atoms with Gasteiger partial charge in [0.25, 0.3) is 5.91 Å². The third-order valence-electron chi connectivity index (χ3n) is 7.05. The third kappa shape index (κ3) is 3.42. The van der Waals surface area contributed by atoms with Gasteiger partial charge in [-0.3, -0.25) is 9.59 Å². The topological polar surface area (TPSA) is 105 Å². The highest BCUT2D eigenvalue weighted by Gasteiger charge is 2.34. The van der Waals surface area contributed by atoms with Gasteiger partial charge in [-0.15, -0.1) is 0 Å². The molecule has 1 amide bonds. The highest BCUT2D eigenvalue weighted by Crippen LogP contribution is 2.46. The lowest BCUT2D eigenvalue weighted by Crippen LogP contribution is -2.48. The molecule has 0 bridgehead atoms. The fraction of sp³-hybridized carbons (Fsp3) is 0.179. The van der Waals surface area contributed by atoms with Crippen LogP contribution < -0.4 is 10.2 Å². The third-order valence-corrected chi connectivity index (χ3v) is 7.05. The molecule has 1 fully saturated rings. The SMILES string of the molecule is O=C1c2ccccc2-c2onc3c(N4CCN(C(=O)c5ccco5)CC4)cc(NCc4ccco4)c1c23. The van der Waals surface area contributed by atoms with Crippen molar-refractivity contribution in [2.75, 3.05) is 36.4 Å². The Bertz CT molecular complexity index is 1630. The van der Waals surface area contributed by atoms with Crippen LogP contribution in [-0.4, -0.2) is 47.9 Å². The van der Waals surface area contributed by atoms with Gasteiger partial charge >= 0.3 is 0 Å². The maximum absolute atomic E-state index is 13.7. The molecule has 9 nitrogen and oxygen atoms in total. The molecule has 2 aliphatic rings. The van der Waals surface area contributed by atoms with Gasteiger partial charge in [-0.1, -0.05) is 29.4 Å².